The van der Waals surface area contributed by atoms with Gasteiger partial charge in [0.25, 0.3) is 0 Å². The fourth-order valence-corrected chi connectivity index (χ4v) is 1.80. The first kappa shape index (κ1) is 11.5. The van der Waals surface area contributed by atoms with Crippen LogP contribution in [0.1, 0.15) is 29.8 Å². The Morgan fingerprint density at radius 1 is 1.41 bits per heavy atom. The van der Waals surface area contributed by atoms with Gasteiger partial charge in [0.1, 0.15) is 0 Å². The Balaban J connectivity index is 2.39. The number of H-pyrrole nitrogens is 1. The van der Waals surface area contributed by atoms with Crippen LogP contribution in [-0.2, 0) is 6.42 Å². The lowest BCUT2D eigenvalue weighted by Gasteiger charge is -1.99. The minimum absolute atomic E-state index is 0.328. The maximum Gasteiger partial charge on any atom is 0.337 e. The molecule has 0 amide bonds. The number of allylic oxidation sites excluding steroid dienone is 2. The number of hydrogen-bond acceptors (Lipinski definition) is 1. The highest BCUT2D eigenvalue weighted by molar-refractivity contribution is 6.03. The highest BCUT2D eigenvalue weighted by Gasteiger charge is 2.09. The SMILES string of the molecule is CC(C)=CCc1ccc2c(C(=O)O)c[nH]c2c1. The third-order valence-electron chi connectivity index (χ3n) is 2.72. The molecule has 1 heterocycles. The molecule has 0 unspecified atom stereocenters. The molecule has 0 radical (unpaired) electrons. The smallest absolute Gasteiger partial charge is 0.337 e. The summed E-state index contributed by atoms with van der Waals surface area (Å²) in [6.45, 7) is 4.13. The summed E-state index contributed by atoms with van der Waals surface area (Å²) in [6.07, 6.45) is 4.57. The van der Waals surface area contributed by atoms with E-state index in [1.165, 1.54) is 17.3 Å². The van der Waals surface area contributed by atoms with Crippen LogP contribution in [0.4, 0.5) is 0 Å². The van der Waals surface area contributed by atoms with Crippen molar-refractivity contribution in [1.82, 2.24) is 4.98 Å². The van der Waals surface area contributed by atoms with Crippen LogP contribution in [0.25, 0.3) is 10.9 Å². The first-order chi connectivity index (χ1) is 8.08. The molecule has 17 heavy (non-hydrogen) atoms. The molecule has 0 aliphatic carbocycles. The maximum absolute atomic E-state index is 10.9. The molecule has 0 aliphatic rings. The number of aromatic carboxylic acids is 1. The van der Waals surface area contributed by atoms with E-state index in [1.807, 2.05) is 18.2 Å². The predicted octanol–water partition coefficient (Wildman–Crippen LogP) is 3.37. The number of benzene rings is 1. The highest BCUT2D eigenvalue weighted by atomic mass is 16.4. The number of hydrogen-bond donors (Lipinski definition) is 2. The molecular weight excluding hydrogens is 214 g/mol. The van der Waals surface area contributed by atoms with Crippen molar-refractivity contribution in [2.75, 3.05) is 0 Å². The summed E-state index contributed by atoms with van der Waals surface area (Å²) >= 11 is 0. The molecular formula is C14H15NO2. The van der Waals surface area contributed by atoms with Gasteiger partial charge in [0.2, 0.25) is 0 Å². The van der Waals surface area contributed by atoms with E-state index in [0.29, 0.717) is 5.56 Å². The zero-order valence-electron chi connectivity index (χ0n) is 9.95. The van der Waals surface area contributed by atoms with Crippen LogP contribution >= 0.6 is 0 Å². The fraction of sp³-hybridized carbons (Fsp3) is 0.214. The Kier molecular flexibility index (Phi) is 3.00. The lowest BCUT2D eigenvalue weighted by molar-refractivity contribution is 0.0699. The van der Waals surface area contributed by atoms with E-state index in [-0.39, 0.29) is 0 Å². The van der Waals surface area contributed by atoms with Crippen LogP contribution in [0, 0.1) is 0 Å². The second kappa shape index (κ2) is 4.45. The number of fused-ring (bicyclic) bond motifs is 1. The number of carboxylic acids is 1. The molecule has 3 nitrogen and oxygen atoms in total. The summed E-state index contributed by atoms with van der Waals surface area (Å²) in [5, 5.41) is 9.75. The van der Waals surface area contributed by atoms with Gasteiger partial charge in [-0.15, -0.1) is 0 Å². The molecule has 0 saturated carbocycles. The number of nitrogens with one attached hydrogen (secondary N) is 1. The summed E-state index contributed by atoms with van der Waals surface area (Å²) in [7, 11) is 0. The van der Waals surface area contributed by atoms with Gasteiger partial charge in [-0.1, -0.05) is 23.8 Å². The summed E-state index contributed by atoms with van der Waals surface area (Å²) in [5.74, 6) is -0.895. The minimum atomic E-state index is -0.895. The van der Waals surface area contributed by atoms with Crippen molar-refractivity contribution < 1.29 is 9.90 Å². The van der Waals surface area contributed by atoms with Crippen molar-refractivity contribution in [1.29, 1.82) is 0 Å². The Labute approximate surface area is 99.8 Å². The summed E-state index contributed by atoms with van der Waals surface area (Å²) in [5.41, 5.74) is 3.66. The molecule has 3 heteroatoms. The molecule has 0 bridgehead atoms. The van der Waals surface area contributed by atoms with Crippen LogP contribution < -0.4 is 0 Å². The van der Waals surface area contributed by atoms with Crippen molar-refractivity contribution >= 4 is 16.9 Å². The van der Waals surface area contributed by atoms with Crippen LogP contribution in [0.5, 0.6) is 0 Å². The second-order valence-corrected chi connectivity index (χ2v) is 4.37. The third kappa shape index (κ3) is 2.38. The van der Waals surface area contributed by atoms with E-state index in [9.17, 15) is 4.79 Å². The van der Waals surface area contributed by atoms with Crippen molar-refractivity contribution in [2.45, 2.75) is 20.3 Å². The Morgan fingerprint density at radius 2 is 2.18 bits per heavy atom. The second-order valence-electron chi connectivity index (χ2n) is 4.37. The topological polar surface area (TPSA) is 53.1 Å². The van der Waals surface area contributed by atoms with Gasteiger partial charge in [0, 0.05) is 17.1 Å². The molecule has 0 spiro atoms. The fourth-order valence-electron chi connectivity index (χ4n) is 1.80. The number of carboxylic acid groups (broad SMARTS) is 1. The zero-order valence-corrected chi connectivity index (χ0v) is 9.95. The van der Waals surface area contributed by atoms with Crippen molar-refractivity contribution in [3.63, 3.8) is 0 Å². The Hall–Kier alpha value is -2.03. The van der Waals surface area contributed by atoms with Gasteiger partial charge in [-0.2, -0.15) is 0 Å². The number of rotatable bonds is 3. The monoisotopic (exact) mass is 229 g/mol. The van der Waals surface area contributed by atoms with Crippen molar-refractivity contribution in [2.24, 2.45) is 0 Å². The molecule has 2 rings (SSSR count). The average Bonchev–Trinajstić information content (AvgIpc) is 2.69. The van der Waals surface area contributed by atoms with E-state index in [2.05, 4.69) is 24.9 Å². The molecule has 0 saturated heterocycles. The molecule has 2 aromatic rings. The van der Waals surface area contributed by atoms with Crippen LogP contribution in [-0.4, -0.2) is 16.1 Å². The minimum Gasteiger partial charge on any atom is -0.478 e. The molecule has 0 fully saturated rings. The lowest BCUT2D eigenvalue weighted by Crippen LogP contribution is -1.93. The number of carbonyl (C=O) groups is 1. The normalized spacial score (nSPS) is 10.5. The largest absolute Gasteiger partial charge is 0.478 e. The average molecular weight is 229 g/mol. The molecule has 1 aromatic heterocycles. The molecule has 0 aliphatic heterocycles. The van der Waals surface area contributed by atoms with Gasteiger partial charge in [-0.3, -0.25) is 0 Å². The van der Waals surface area contributed by atoms with Crippen molar-refractivity contribution in [3.05, 3.63) is 47.2 Å². The quantitative estimate of drug-likeness (QED) is 0.793. The van der Waals surface area contributed by atoms with Gasteiger partial charge < -0.3 is 10.1 Å². The summed E-state index contributed by atoms with van der Waals surface area (Å²) in [6, 6.07) is 5.84. The standard InChI is InChI=1S/C14H15NO2/c1-9(2)3-4-10-5-6-11-12(14(16)17)8-15-13(11)7-10/h3,5-8,15H,4H2,1-2H3,(H,16,17). The lowest BCUT2D eigenvalue weighted by atomic mass is 10.1. The number of aromatic nitrogens is 1. The molecule has 88 valence electrons. The third-order valence-corrected chi connectivity index (χ3v) is 2.72. The molecule has 1 aromatic carbocycles. The Morgan fingerprint density at radius 3 is 2.82 bits per heavy atom. The van der Waals surface area contributed by atoms with Gasteiger partial charge in [0.05, 0.1) is 5.56 Å². The maximum atomic E-state index is 10.9. The van der Waals surface area contributed by atoms with Crippen LogP contribution in [0.3, 0.4) is 0 Å². The van der Waals surface area contributed by atoms with E-state index in [1.54, 1.807) is 0 Å². The zero-order chi connectivity index (χ0) is 12.4. The van der Waals surface area contributed by atoms with Gasteiger partial charge in [0.15, 0.2) is 0 Å². The van der Waals surface area contributed by atoms with E-state index in [0.717, 1.165) is 17.3 Å². The Bertz CT molecular complexity index is 589. The van der Waals surface area contributed by atoms with E-state index >= 15 is 0 Å². The van der Waals surface area contributed by atoms with Gasteiger partial charge in [-0.05, 0) is 31.9 Å². The summed E-state index contributed by atoms with van der Waals surface area (Å²) < 4.78 is 0. The predicted molar refractivity (Wildman–Crippen MR) is 68.4 cm³/mol. The van der Waals surface area contributed by atoms with Crippen LogP contribution in [0.15, 0.2) is 36.0 Å². The van der Waals surface area contributed by atoms with Crippen molar-refractivity contribution in [3.8, 4) is 0 Å². The molecule has 2 N–H and O–H groups in total. The first-order valence-corrected chi connectivity index (χ1v) is 5.54. The van der Waals surface area contributed by atoms with Crippen LogP contribution in [0.2, 0.25) is 0 Å². The summed E-state index contributed by atoms with van der Waals surface area (Å²) in [4.78, 5) is 13.9. The van der Waals surface area contributed by atoms with Gasteiger partial charge >= 0.3 is 5.97 Å². The van der Waals surface area contributed by atoms with E-state index in [4.69, 9.17) is 5.11 Å². The first-order valence-electron chi connectivity index (χ1n) is 5.54. The molecule has 0 atom stereocenters. The highest BCUT2D eigenvalue weighted by Crippen LogP contribution is 2.20. The van der Waals surface area contributed by atoms with Gasteiger partial charge in [-0.25, -0.2) is 4.79 Å². The number of aromatic amines is 1. The van der Waals surface area contributed by atoms with E-state index < -0.39 is 5.97 Å².